The van der Waals surface area contributed by atoms with Crippen molar-refractivity contribution in [1.29, 1.82) is 0 Å². The number of hydrogen-bond acceptors (Lipinski definition) is 1. The average Bonchev–Trinajstić information content (AvgIpc) is 2.38. The van der Waals surface area contributed by atoms with Crippen molar-refractivity contribution >= 4 is 10.8 Å². The SMILES string of the molecule is Cc1ccc(-c2cccc3ccccc23)c(O)c1. The first-order valence-electron chi connectivity index (χ1n) is 6.03. The highest BCUT2D eigenvalue weighted by molar-refractivity contribution is 5.97. The highest BCUT2D eigenvalue weighted by atomic mass is 16.3. The molecule has 0 saturated heterocycles. The third kappa shape index (κ3) is 1.74. The molecule has 3 aromatic rings. The lowest BCUT2D eigenvalue weighted by molar-refractivity contribution is 0.477. The Balaban J connectivity index is 2.31. The van der Waals surface area contributed by atoms with Gasteiger partial charge in [0.15, 0.2) is 0 Å². The maximum atomic E-state index is 10.1. The standard InChI is InChI=1S/C17H14O/c1-12-9-10-16(17(18)11-12)15-8-4-6-13-5-2-3-7-14(13)15/h2-11,18H,1H3. The molecule has 0 aromatic heterocycles. The summed E-state index contributed by atoms with van der Waals surface area (Å²) in [5.74, 6) is 0.339. The van der Waals surface area contributed by atoms with Gasteiger partial charge in [0, 0.05) is 5.56 Å². The molecule has 0 atom stereocenters. The van der Waals surface area contributed by atoms with Crippen molar-refractivity contribution in [3.05, 3.63) is 66.2 Å². The van der Waals surface area contributed by atoms with Crippen molar-refractivity contribution in [3.63, 3.8) is 0 Å². The third-order valence-electron chi connectivity index (χ3n) is 3.23. The van der Waals surface area contributed by atoms with E-state index in [9.17, 15) is 5.11 Å². The minimum Gasteiger partial charge on any atom is -0.507 e. The molecule has 18 heavy (non-hydrogen) atoms. The topological polar surface area (TPSA) is 20.2 Å². The molecule has 1 heteroatoms. The molecule has 0 amide bonds. The summed E-state index contributed by atoms with van der Waals surface area (Å²) in [6, 6.07) is 20.2. The van der Waals surface area contributed by atoms with Crippen LogP contribution in [-0.4, -0.2) is 5.11 Å². The second-order valence-electron chi connectivity index (χ2n) is 4.55. The zero-order valence-electron chi connectivity index (χ0n) is 10.2. The molecule has 3 rings (SSSR count). The Morgan fingerprint density at radius 2 is 1.56 bits per heavy atom. The van der Waals surface area contributed by atoms with Gasteiger partial charge in [-0.25, -0.2) is 0 Å². The van der Waals surface area contributed by atoms with Gasteiger partial charge in [0.05, 0.1) is 0 Å². The summed E-state index contributed by atoms with van der Waals surface area (Å²) in [5.41, 5.74) is 3.03. The van der Waals surface area contributed by atoms with E-state index in [2.05, 4.69) is 18.2 Å². The lowest BCUT2D eigenvalue weighted by Gasteiger charge is -2.09. The Hall–Kier alpha value is -2.28. The Bertz CT molecular complexity index is 708. The Morgan fingerprint density at radius 1 is 0.778 bits per heavy atom. The number of phenolic OH excluding ortho intramolecular Hbond substituents is 1. The quantitative estimate of drug-likeness (QED) is 0.656. The van der Waals surface area contributed by atoms with Crippen LogP contribution in [0.4, 0.5) is 0 Å². The Labute approximate surface area is 106 Å². The van der Waals surface area contributed by atoms with Crippen molar-refractivity contribution in [2.45, 2.75) is 6.92 Å². The van der Waals surface area contributed by atoms with Crippen LogP contribution in [0.25, 0.3) is 21.9 Å². The van der Waals surface area contributed by atoms with Crippen molar-refractivity contribution in [2.75, 3.05) is 0 Å². The smallest absolute Gasteiger partial charge is 0.123 e. The highest BCUT2D eigenvalue weighted by Gasteiger charge is 2.07. The van der Waals surface area contributed by atoms with Gasteiger partial charge >= 0.3 is 0 Å². The van der Waals surface area contributed by atoms with Crippen LogP contribution in [0.2, 0.25) is 0 Å². The minimum atomic E-state index is 0.339. The van der Waals surface area contributed by atoms with E-state index in [1.807, 2.05) is 43.3 Å². The van der Waals surface area contributed by atoms with Gasteiger partial charge in [0.1, 0.15) is 5.75 Å². The monoisotopic (exact) mass is 234 g/mol. The van der Waals surface area contributed by atoms with Gasteiger partial charge in [0.2, 0.25) is 0 Å². The number of aryl methyl sites for hydroxylation is 1. The first-order chi connectivity index (χ1) is 8.75. The predicted octanol–water partition coefficient (Wildman–Crippen LogP) is 4.52. The Kier molecular flexibility index (Phi) is 2.52. The van der Waals surface area contributed by atoms with Crippen LogP contribution in [0, 0.1) is 6.92 Å². The molecule has 1 N–H and O–H groups in total. The lowest BCUT2D eigenvalue weighted by Crippen LogP contribution is -1.83. The first kappa shape index (κ1) is 10.8. The maximum absolute atomic E-state index is 10.1. The van der Waals surface area contributed by atoms with E-state index in [4.69, 9.17) is 0 Å². The number of aromatic hydroxyl groups is 1. The summed E-state index contributed by atoms with van der Waals surface area (Å²) >= 11 is 0. The molecule has 0 radical (unpaired) electrons. The van der Waals surface area contributed by atoms with Crippen LogP contribution in [-0.2, 0) is 0 Å². The van der Waals surface area contributed by atoms with E-state index >= 15 is 0 Å². The molecule has 0 spiro atoms. The van der Waals surface area contributed by atoms with Crippen molar-refractivity contribution in [2.24, 2.45) is 0 Å². The van der Waals surface area contributed by atoms with Gasteiger partial charge in [-0.2, -0.15) is 0 Å². The second-order valence-corrected chi connectivity index (χ2v) is 4.55. The van der Waals surface area contributed by atoms with Gasteiger partial charge < -0.3 is 5.11 Å². The summed E-state index contributed by atoms with van der Waals surface area (Å²) in [6.07, 6.45) is 0. The summed E-state index contributed by atoms with van der Waals surface area (Å²) < 4.78 is 0. The molecule has 3 aromatic carbocycles. The van der Waals surface area contributed by atoms with E-state index in [-0.39, 0.29) is 0 Å². The molecule has 88 valence electrons. The number of fused-ring (bicyclic) bond motifs is 1. The van der Waals surface area contributed by atoms with Gasteiger partial charge in [-0.3, -0.25) is 0 Å². The van der Waals surface area contributed by atoms with Crippen LogP contribution in [0.3, 0.4) is 0 Å². The number of hydrogen-bond donors (Lipinski definition) is 1. The molecule has 0 aliphatic carbocycles. The van der Waals surface area contributed by atoms with E-state index in [1.54, 1.807) is 6.07 Å². The molecule has 0 saturated carbocycles. The minimum absolute atomic E-state index is 0.339. The van der Waals surface area contributed by atoms with E-state index < -0.39 is 0 Å². The highest BCUT2D eigenvalue weighted by Crippen LogP contribution is 2.34. The van der Waals surface area contributed by atoms with E-state index in [1.165, 1.54) is 10.8 Å². The summed E-state index contributed by atoms with van der Waals surface area (Å²) in [5, 5.41) is 12.5. The molecule has 0 fully saturated rings. The van der Waals surface area contributed by atoms with Gasteiger partial charge in [0.25, 0.3) is 0 Å². The molecular weight excluding hydrogens is 220 g/mol. The largest absolute Gasteiger partial charge is 0.507 e. The summed E-state index contributed by atoms with van der Waals surface area (Å²) in [4.78, 5) is 0. The fourth-order valence-corrected chi connectivity index (χ4v) is 2.33. The van der Waals surface area contributed by atoms with Gasteiger partial charge in [-0.15, -0.1) is 0 Å². The lowest BCUT2D eigenvalue weighted by atomic mass is 9.97. The van der Waals surface area contributed by atoms with Gasteiger partial charge in [-0.1, -0.05) is 54.6 Å². The van der Waals surface area contributed by atoms with E-state index in [0.717, 1.165) is 16.7 Å². The number of benzene rings is 3. The molecule has 0 bridgehead atoms. The van der Waals surface area contributed by atoms with Gasteiger partial charge in [-0.05, 0) is 34.9 Å². The second kappa shape index (κ2) is 4.19. The normalized spacial score (nSPS) is 10.7. The van der Waals surface area contributed by atoms with Crippen LogP contribution < -0.4 is 0 Å². The van der Waals surface area contributed by atoms with Crippen molar-refractivity contribution in [3.8, 4) is 16.9 Å². The third-order valence-corrected chi connectivity index (χ3v) is 3.23. The summed E-state index contributed by atoms with van der Waals surface area (Å²) in [7, 11) is 0. The van der Waals surface area contributed by atoms with Crippen molar-refractivity contribution in [1.82, 2.24) is 0 Å². The zero-order chi connectivity index (χ0) is 12.5. The zero-order valence-corrected chi connectivity index (χ0v) is 10.2. The molecule has 0 heterocycles. The Morgan fingerprint density at radius 3 is 2.39 bits per heavy atom. The maximum Gasteiger partial charge on any atom is 0.123 e. The summed E-state index contributed by atoms with van der Waals surface area (Å²) in [6.45, 7) is 1.98. The number of rotatable bonds is 1. The number of phenols is 1. The first-order valence-corrected chi connectivity index (χ1v) is 6.03. The van der Waals surface area contributed by atoms with Crippen LogP contribution in [0.15, 0.2) is 60.7 Å². The van der Waals surface area contributed by atoms with Crippen molar-refractivity contribution < 1.29 is 5.11 Å². The molecule has 0 unspecified atom stereocenters. The molecule has 0 aliphatic heterocycles. The molecule has 1 nitrogen and oxygen atoms in total. The van der Waals surface area contributed by atoms with Crippen LogP contribution in [0.1, 0.15) is 5.56 Å². The molecule has 0 aliphatic rings. The van der Waals surface area contributed by atoms with Crippen LogP contribution >= 0.6 is 0 Å². The molecular formula is C17H14O. The van der Waals surface area contributed by atoms with E-state index in [0.29, 0.717) is 5.75 Å². The fraction of sp³-hybridized carbons (Fsp3) is 0.0588. The van der Waals surface area contributed by atoms with Crippen LogP contribution in [0.5, 0.6) is 5.75 Å². The average molecular weight is 234 g/mol. The fourth-order valence-electron chi connectivity index (χ4n) is 2.33. The predicted molar refractivity (Wildman–Crippen MR) is 75.8 cm³/mol.